The standard InChI is InChI=1S/C13H19ClN2O/c1-10-7-13(17-2)8-11(15-10)9-16(6-5-14)12-3-4-12/h7-8,12H,3-6,9H2,1-2H3. The first kappa shape index (κ1) is 12.7. The first-order chi connectivity index (χ1) is 8.22. The van der Waals surface area contributed by atoms with E-state index in [9.17, 15) is 0 Å². The molecule has 0 saturated heterocycles. The Morgan fingerprint density at radius 1 is 1.47 bits per heavy atom. The summed E-state index contributed by atoms with van der Waals surface area (Å²) in [5, 5.41) is 0. The zero-order valence-corrected chi connectivity index (χ0v) is 11.2. The molecular weight excluding hydrogens is 236 g/mol. The number of pyridine rings is 1. The summed E-state index contributed by atoms with van der Waals surface area (Å²) >= 11 is 5.84. The summed E-state index contributed by atoms with van der Waals surface area (Å²) in [6.45, 7) is 3.80. The van der Waals surface area contributed by atoms with Crippen molar-refractivity contribution in [2.24, 2.45) is 0 Å². The highest BCUT2D eigenvalue weighted by molar-refractivity contribution is 6.18. The molecule has 0 N–H and O–H groups in total. The first-order valence-electron chi connectivity index (χ1n) is 6.04. The second-order valence-corrected chi connectivity index (χ2v) is 4.91. The van der Waals surface area contributed by atoms with E-state index in [0.717, 1.165) is 30.2 Å². The van der Waals surface area contributed by atoms with Gasteiger partial charge in [-0.1, -0.05) is 0 Å². The van der Waals surface area contributed by atoms with Crippen molar-refractivity contribution in [2.75, 3.05) is 19.5 Å². The lowest BCUT2D eigenvalue weighted by Crippen LogP contribution is -2.28. The Hall–Kier alpha value is -0.800. The van der Waals surface area contributed by atoms with Gasteiger partial charge in [0.15, 0.2) is 0 Å². The summed E-state index contributed by atoms with van der Waals surface area (Å²) in [4.78, 5) is 6.96. The van der Waals surface area contributed by atoms with Gasteiger partial charge in [-0.3, -0.25) is 9.88 Å². The molecule has 4 heteroatoms. The smallest absolute Gasteiger partial charge is 0.122 e. The van der Waals surface area contributed by atoms with E-state index in [-0.39, 0.29) is 0 Å². The molecule has 0 spiro atoms. The summed E-state index contributed by atoms with van der Waals surface area (Å²) in [6.07, 6.45) is 2.58. The van der Waals surface area contributed by atoms with E-state index in [4.69, 9.17) is 16.3 Å². The number of hydrogen-bond donors (Lipinski definition) is 0. The van der Waals surface area contributed by atoms with Gasteiger partial charge in [0.2, 0.25) is 0 Å². The van der Waals surface area contributed by atoms with Gasteiger partial charge in [0.1, 0.15) is 5.75 Å². The van der Waals surface area contributed by atoms with Gasteiger partial charge < -0.3 is 4.74 Å². The maximum Gasteiger partial charge on any atom is 0.122 e. The molecule has 0 aromatic carbocycles. The molecule has 0 unspecified atom stereocenters. The summed E-state index contributed by atoms with van der Waals surface area (Å²) in [6, 6.07) is 4.67. The van der Waals surface area contributed by atoms with Crippen LogP contribution in [0.5, 0.6) is 5.75 Å². The monoisotopic (exact) mass is 254 g/mol. The zero-order valence-electron chi connectivity index (χ0n) is 10.4. The first-order valence-corrected chi connectivity index (χ1v) is 6.58. The van der Waals surface area contributed by atoms with Gasteiger partial charge in [-0.2, -0.15) is 0 Å². The number of methoxy groups -OCH3 is 1. The number of hydrogen-bond acceptors (Lipinski definition) is 3. The molecule has 1 heterocycles. The highest BCUT2D eigenvalue weighted by atomic mass is 35.5. The molecule has 17 heavy (non-hydrogen) atoms. The molecule has 1 saturated carbocycles. The third-order valence-corrected chi connectivity index (χ3v) is 3.18. The molecule has 0 bridgehead atoms. The quantitative estimate of drug-likeness (QED) is 0.730. The summed E-state index contributed by atoms with van der Waals surface area (Å²) in [7, 11) is 1.69. The average Bonchev–Trinajstić information content (AvgIpc) is 3.11. The van der Waals surface area contributed by atoms with Crippen LogP contribution in [0, 0.1) is 6.92 Å². The van der Waals surface area contributed by atoms with Crippen LogP contribution in [0.2, 0.25) is 0 Å². The Morgan fingerprint density at radius 3 is 2.82 bits per heavy atom. The molecule has 1 aromatic rings. The fourth-order valence-electron chi connectivity index (χ4n) is 2.05. The molecule has 3 nitrogen and oxygen atoms in total. The van der Waals surface area contributed by atoms with E-state index in [2.05, 4.69) is 9.88 Å². The van der Waals surface area contributed by atoms with Crippen molar-refractivity contribution < 1.29 is 4.74 Å². The number of halogens is 1. The number of aryl methyl sites for hydroxylation is 1. The van der Waals surface area contributed by atoms with Gasteiger partial charge in [0.05, 0.1) is 12.8 Å². The zero-order chi connectivity index (χ0) is 12.3. The van der Waals surface area contributed by atoms with Crippen molar-refractivity contribution in [3.8, 4) is 5.75 Å². The molecule has 1 aliphatic carbocycles. The van der Waals surface area contributed by atoms with Crippen LogP contribution in [-0.4, -0.2) is 35.5 Å². The van der Waals surface area contributed by atoms with Crippen molar-refractivity contribution in [3.05, 3.63) is 23.5 Å². The molecule has 0 aliphatic heterocycles. The van der Waals surface area contributed by atoms with E-state index in [1.807, 2.05) is 19.1 Å². The van der Waals surface area contributed by atoms with Crippen LogP contribution in [0.1, 0.15) is 24.2 Å². The average molecular weight is 255 g/mol. The van der Waals surface area contributed by atoms with Crippen molar-refractivity contribution in [1.82, 2.24) is 9.88 Å². The number of aromatic nitrogens is 1. The fourth-order valence-corrected chi connectivity index (χ4v) is 2.27. The molecule has 1 aliphatic rings. The predicted octanol–water partition coefficient (Wildman–Crippen LogP) is 2.60. The van der Waals surface area contributed by atoms with Crippen LogP contribution in [0.3, 0.4) is 0 Å². The third kappa shape index (κ3) is 3.58. The van der Waals surface area contributed by atoms with E-state index >= 15 is 0 Å². The molecule has 0 atom stereocenters. The van der Waals surface area contributed by atoms with Crippen LogP contribution in [0.15, 0.2) is 12.1 Å². The highest BCUT2D eigenvalue weighted by Gasteiger charge is 2.28. The number of ether oxygens (including phenoxy) is 1. The van der Waals surface area contributed by atoms with E-state index < -0.39 is 0 Å². The largest absolute Gasteiger partial charge is 0.497 e. The van der Waals surface area contributed by atoms with Crippen LogP contribution < -0.4 is 4.74 Å². The van der Waals surface area contributed by atoms with Crippen LogP contribution in [0.25, 0.3) is 0 Å². The maximum atomic E-state index is 5.84. The lowest BCUT2D eigenvalue weighted by Gasteiger charge is -2.20. The molecule has 1 aromatic heterocycles. The van der Waals surface area contributed by atoms with E-state index in [0.29, 0.717) is 11.9 Å². The Kier molecular flexibility index (Phi) is 4.24. The maximum absolute atomic E-state index is 5.84. The van der Waals surface area contributed by atoms with Crippen LogP contribution in [0.4, 0.5) is 0 Å². The lowest BCUT2D eigenvalue weighted by molar-refractivity contribution is 0.267. The van der Waals surface area contributed by atoms with Crippen molar-refractivity contribution in [2.45, 2.75) is 32.4 Å². The molecule has 1 fully saturated rings. The number of nitrogens with zero attached hydrogens (tertiary/aromatic N) is 2. The Morgan fingerprint density at radius 2 is 2.24 bits per heavy atom. The summed E-state index contributed by atoms with van der Waals surface area (Å²) < 4.78 is 5.27. The Labute approximate surface area is 108 Å². The van der Waals surface area contributed by atoms with Crippen molar-refractivity contribution in [1.29, 1.82) is 0 Å². The summed E-state index contributed by atoms with van der Waals surface area (Å²) in [5.74, 6) is 1.56. The van der Waals surface area contributed by atoms with E-state index in [1.54, 1.807) is 7.11 Å². The van der Waals surface area contributed by atoms with Crippen molar-refractivity contribution >= 4 is 11.6 Å². The van der Waals surface area contributed by atoms with Gasteiger partial charge in [0, 0.05) is 42.8 Å². The summed E-state index contributed by atoms with van der Waals surface area (Å²) in [5.41, 5.74) is 2.07. The number of alkyl halides is 1. The molecule has 0 radical (unpaired) electrons. The topological polar surface area (TPSA) is 25.4 Å². The molecule has 0 amide bonds. The minimum absolute atomic E-state index is 0.680. The Bertz CT molecular complexity index is 380. The van der Waals surface area contributed by atoms with Crippen molar-refractivity contribution in [3.63, 3.8) is 0 Å². The Balaban J connectivity index is 2.07. The normalized spacial score (nSPS) is 15.3. The highest BCUT2D eigenvalue weighted by Crippen LogP contribution is 2.28. The van der Waals surface area contributed by atoms with Crippen LogP contribution in [-0.2, 0) is 6.54 Å². The molecule has 94 valence electrons. The van der Waals surface area contributed by atoms with Gasteiger partial charge in [0.25, 0.3) is 0 Å². The van der Waals surface area contributed by atoms with Gasteiger partial charge in [-0.15, -0.1) is 11.6 Å². The minimum Gasteiger partial charge on any atom is -0.497 e. The molecular formula is C13H19ClN2O. The van der Waals surface area contributed by atoms with E-state index in [1.165, 1.54) is 12.8 Å². The molecule has 2 rings (SSSR count). The lowest BCUT2D eigenvalue weighted by atomic mass is 10.2. The SMILES string of the molecule is COc1cc(C)nc(CN(CCCl)C2CC2)c1. The van der Waals surface area contributed by atoms with Crippen LogP contribution >= 0.6 is 11.6 Å². The second-order valence-electron chi connectivity index (χ2n) is 4.53. The minimum atomic E-state index is 0.680. The van der Waals surface area contributed by atoms with Gasteiger partial charge in [-0.25, -0.2) is 0 Å². The van der Waals surface area contributed by atoms with Gasteiger partial charge >= 0.3 is 0 Å². The van der Waals surface area contributed by atoms with Gasteiger partial charge in [-0.05, 0) is 19.8 Å². The second kappa shape index (κ2) is 5.69. The third-order valence-electron chi connectivity index (χ3n) is 3.02. The predicted molar refractivity (Wildman–Crippen MR) is 69.7 cm³/mol. The fraction of sp³-hybridized carbons (Fsp3) is 0.615. The number of rotatable bonds is 6.